The summed E-state index contributed by atoms with van der Waals surface area (Å²) in [6, 6.07) is 6.85. The number of fused-ring (bicyclic) bond motifs is 1. The molecule has 1 aromatic heterocycles. The highest BCUT2D eigenvalue weighted by Gasteiger charge is 2.47. The third-order valence-electron chi connectivity index (χ3n) is 6.03. The van der Waals surface area contributed by atoms with Crippen LogP contribution < -0.4 is 5.32 Å². The summed E-state index contributed by atoms with van der Waals surface area (Å²) < 4.78 is 42.4. The van der Waals surface area contributed by atoms with Crippen molar-refractivity contribution >= 4 is 11.7 Å². The fourth-order valence-electron chi connectivity index (χ4n) is 4.47. The SMILES string of the molecule is CC[C@H]1CCCCN1C(=O)c1cnn2c1N[C@H](c1ccccc1)C[C@H]2C(F)(F)F. The van der Waals surface area contributed by atoms with E-state index < -0.39 is 18.3 Å². The molecule has 5 nitrogen and oxygen atoms in total. The van der Waals surface area contributed by atoms with Crippen LogP contribution in [-0.4, -0.2) is 39.4 Å². The number of rotatable bonds is 3. The van der Waals surface area contributed by atoms with Crippen molar-refractivity contribution in [2.24, 2.45) is 0 Å². The zero-order valence-corrected chi connectivity index (χ0v) is 16.3. The van der Waals surface area contributed by atoms with Gasteiger partial charge in [0, 0.05) is 19.0 Å². The van der Waals surface area contributed by atoms with Crippen LogP contribution in [0, 0.1) is 0 Å². The number of anilines is 1. The summed E-state index contributed by atoms with van der Waals surface area (Å²) in [4.78, 5) is 15.1. The topological polar surface area (TPSA) is 50.2 Å². The van der Waals surface area contributed by atoms with Gasteiger partial charge in [-0.3, -0.25) is 4.79 Å². The van der Waals surface area contributed by atoms with E-state index in [1.807, 2.05) is 13.0 Å². The molecule has 0 bridgehead atoms. The first-order chi connectivity index (χ1) is 13.9. The standard InChI is InChI=1S/C21H25F3N4O/c1-2-15-10-6-7-11-27(15)20(29)16-13-25-28-18(21(22,23)24)12-17(26-19(16)28)14-8-4-3-5-9-14/h3-5,8-9,13,15,17-18,26H,2,6-7,10-12H2,1H3/t15-,17-,18-/m0/s1. The number of aromatic nitrogens is 2. The molecule has 29 heavy (non-hydrogen) atoms. The predicted octanol–water partition coefficient (Wildman–Crippen LogP) is 4.95. The maximum atomic E-state index is 13.8. The van der Waals surface area contributed by atoms with Gasteiger partial charge in [-0.2, -0.15) is 18.3 Å². The summed E-state index contributed by atoms with van der Waals surface area (Å²) in [6.45, 7) is 2.67. The minimum atomic E-state index is -4.45. The van der Waals surface area contributed by atoms with Crippen molar-refractivity contribution in [2.45, 2.75) is 63.3 Å². The molecule has 1 aromatic carbocycles. The van der Waals surface area contributed by atoms with Crippen molar-refractivity contribution in [3.05, 3.63) is 47.7 Å². The maximum absolute atomic E-state index is 13.8. The lowest BCUT2D eigenvalue weighted by atomic mass is 9.96. The molecule has 1 fully saturated rings. The van der Waals surface area contributed by atoms with E-state index in [-0.39, 0.29) is 29.8 Å². The summed E-state index contributed by atoms with van der Waals surface area (Å²) in [5.74, 6) is -0.0715. The van der Waals surface area contributed by atoms with Gasteiger partial charge in [-0.1, -0.05) is 37.3 Å². The molecule has 1 saturated heterocycles. The second-order valence-electron chi connectivity index (χ2n) is 7.81. The van der Waals surface area contributed by atoms with Crippen molar-refractivity contribution in [2.75, 3.05) is 11.9 Å². The lowest BCUT2D eigenvalue weighted by molar-refractivity contribution is -0.173. The summed E-state index contributed by atoms with van der Waals surface area (Å²) in [6.07, 6.45) is 0.412. The minimum absolute atomic E-state index is 0.124. The van der Waals surface area contributed by atoms with Gasteiger partial charge in [-0.25, -0.2) is 4.68 Å². The molecular weight excluding hydrogens is 381 g/mol. The third-order valence-corrected chi connectivity index (χ3v) is 6.03. The number of carbonyl (C=O) groups is 1. The summed E-state index contributed by atoms with van der Waals surface area (Å²) in [5.41, 5.74) is 0.984. The summed E-state index contributed by atoms with van der Waals surface area (Å²) >= 11 is 0. The first-order valence-corrected chi connectivity index (χ1v) is 10.2. The Morgan fingerprint density at radius 3 is 2.69 bits per heavy atom. The van der Waals surface area contributed by atoms with Gasteiger partial charge in [0.15, 0.2) is 6.04 Å². The molecule has 0 saturated carbocycles. The van der Waals surface area contributed by atoms with E-state index in [0.29, 0.717) is 6.54 Å². The van der Waals surface area contributed by atoms with Crippen molar-refractivity contribution in [3.63, 3.8) is 0 Å². The van der Waals surface area contributed by atoms with E-state index in [1.54, 1.807) is 29.2 Å². The van der Waals surface area contributed by atoms with Gasteiger partial charge in [0.2, 0.25) is 0 Å². The highest BCUT2D eigenvalue weighted by Crippen LogP contribution is 2.44. The molecule has 4 rings (SSSR count). The number of hydrogen-bond acceptors (Lipinski definition) is 3. The van der Waals surface area contributed by atoms with Crippen LogP contribution in [-0.2, 0) is 0 Å². The molecule has 0 spiro atoms. The Kier molecular flexibility index (Phi) is 5.27. The van der Waals surface area contributed by atoms with E-state index in [1.165, 1.54) is 6.20 Å². The van der Waals surface area contributed by atoms with Crippen LogP contribution in [0.25, 0.3) is 0 Å². The van der Waals surface area contributed by atoms with Crippen LogP contribution >= 0.6 is 0 Å². The number of piperidine rings is 1. The van der Waals surface area contributed by atoms with Gasteiger partial charge >= 0.3 is 6.18 Å². The second-order valence-corrected chi connectivity index (χ2v) is 7.81. The highest BCUT2D eigenvalue weighted by molar-refractivity contribution is 5.99. The summed E-state index contributed by atoms with van der Waals surface area (Å²) in [7, 11) is 0. The molecule has 2 aromatic rings. The number of benzene rings is 1. The van der Waals surface area contributed by atoms with Crippen LogP contribution in [0.3, 0.4) is 0 Å². The molecular formula is C21H25F3N4O. The first-order valence-electron chi connectivity index (χ1n) is 10.2. The van der Waals surface area contributed by atoms with Crippen molar-refractivity contribution in [1.82, 2.24) is 14.7 Å². The monoisotopic (exact) mass is 406 g/mol. The summed E-state index contributed by atoms with van der Waals surface area (Å²) in [5, 5.41) is 7.16. The average Bonchev–Trinajstić information content (AvgIpc) is 3.16. The number of nitrogens with one attached hydrogen (secondary N) is 1. The van der Waals surface area contributed by atoms with Gasteiger partial charge in [0.1, 0.15) is 11.4 Å². The molecule has 156 valence electrons. The van der Waals surface area contributed by atoms with E-state index >= 15 is 0 Å². The Balaban J connectivity index is 1.71. The zero-order valence-electron chi connectivity index (χ0n) is 16.3. The van der Waals surface area contributed by atoms with Crippen LogP contribution in [0.1, 0.15) is 67.0 Å². The smallest absolute Gasteiger partial charge is 0.363 e. The highest BCUT2D eigenvalue weighted by atomic mass is 19.4. The van der Waals surface area contributed by atoms with Crippen LogP contribution in [0.2, 0.25) is 0 Å². The maximum Gasteiger partial charge on any atom is 0.410 e. The first kappa shape index (κ1) is 19.8. The Hall–Kier alpha value is -2.51. The van der Waals surface area contributed by atoms with Crippen molar-refractivity contribution in [3.8, 4) is 0 Å². The Labute approximate surface area is 167 Å². The van der Waals surface area contributed by atoms with E-state index in [2.05, 4.69) is 10.4 Å². The van der Waals surface area contributed by atoms with Gasteiger partial charge in [-0.05, 0) is 31.2 Å². The molecule has 2 aliphatic heterocycles. The molecule has 8 heteroatoms. The van der Waals surface area contributed by atoms with Crippen LogP contribution in [0.15, 0.2) is 36.5 Å². The van der Waals surface area contributed by atoms with Gasteiger partial charge in [0.05, 0.1) is 12.2 Å². The number of alkyl halides is 3. The normalized spacial score (nSPS) is 24.7. The van der Waals surface area contributed by atoms with E-state index in [0.717, 1.165) is 35.9 Å². The largest absolute Gasteiger partial charge is 0.410 e. The van der Waals surface area contributed by atoms with Crippen molar-refractivity contribution < 1.29 is 18.0 Å². The number of likely N-dealkylation sites (tertiary alicyclic amines) is 1. The number of hydrogen-bond donors (Lipinski definition) is 1. The molecule has 0 unspecified atom stereocenters. The van der Waals surface area contributed by atoms with Crippen LogP contribution in [0.5, 0.6) is 0 Å². The van der Waals surface area contributed by atoms with Gasteiger partial charge in [-0.15, -0.1) is 0 Å². The lowest BCUT2D eigenvalue weighted by Gasteiger charge is -2.37. The van der Waals surface area contributed by atoms with Gasteiger partial charge in [0.25, 0.3) is 5.91 Å². The zero-order chi connectivity index (χ0) is 20.6. The van der Waals surface area contributed by atoms with Gasteiger partial charge < -0.3 is 10.2 Å². The number of carbonyl (C=O) groups excluding carboxylic acids is 1. The fourth-order valence-corrected chi connectivity index (χ4v) is 4.47. The number of amides is 1. The number of halogens is 3. The molecule has 1 N–H and O–H groups in total. The molecule has 1 amide bonds. The molecule has 3 heterocycles. The molecule has 3 atom stereocenters. The van der Waals surface area contributed by atoms with E-state index in [9.17, 15) is 18.0 Å². The quantitative estimate of drug-likeness (QED) is 0.785. The molecule has 2 aliphatic rings. The Bertz CT molecular complexity index is 865. The second kappa shape index (κ2) is 7.72. The predicted molar refractivity (Wildman–Crippen MR) is 104 cm³/mol. The average molecular weight is 406 g/mol. The molecule has 0 aliphatic carbocycles. The fraction of sp³-hybridized carbons (Fsp3) is 0.524. The minimum Gasteiger partial charge on any atom is -0.363 e. The van der Waals surface area contributed by atoms with Crippen molar-refractivity contribution in [1.29, 1.82) is 0 Å². The lowest BCUT2D eigenvalue weighted by Crippen LogP contribution is -2.44. The van der Waals surface area contributed by atoms with E-state index in [4.69, 9.17) is 0 Å². The third kappa shape index (κ3) is 3.72. The van der Waals surface area contributed by atoms with Crippen LogP contribution in [0.4, 0.5) is 19.0 Å². The number of nitrogens with zero attached hydrogens (tertiary/aromatic N) is 3. The Morgan fingerprint density at radius 2 is 2.00 bits per heavy atom. The Morgan fingerprint density at radius 1 is 1.24 bits per heavy atom. The molecule has 0 radical (unpaired) electrons.